The summed E-state index contributed by atoms with van der Waals surface area (Å²) in [6.45, 7) is 0.245. The maximum Gasteiger partial charge on any atom is 0.417 e. The zero-order chi connectivity index (χ0) is 15.7. The summed E-state index contributed by atoms with van der Waals surface area (Å²) in [6.07, 6.45) is 0.901. The van der Waals surface area contributed by atoms with Crippen LogP contribution >= 0.6 is 0 Å². The van der Waals surface area contributed by atoms with Gasteiger partial charge in [-0.2, -0.15) is 13.2 Å². The van der Waals surface area contributed by atoms with Gasteiger partial charge in [0.05, 0.1) is 5.56 Å². The first-order valence-electron chi connectivity index (χ1n) is 6.70. The van der Waals surface area contributed by atoms with E-state index < -0.39 is 26.7 Å². The van der Waals surface area contributed by atoms with Gasteiger partial charge in [0, 0.05) is 26.0 Å². The number of pyridine rings is 1. The summed E-state index contributed by atoms with van der Waals surface area (Å²) in [5.74, 6) is 0.218. The van der Waals surface area contributed by atoms with Crippen LogP contribution in [0.1, 0.15) is 31.2 Å². The van der Waals surface area contributed by atoms with Crippen molar-refractivity contribution in [3.8, 4) is 0 Å². The third-order valence-corrected chi connectivity index (χ3v) is 5.62. The average Bonchev–Trinajstić information content (AvgIpc) is 2.90. The minimum atomic E-state index is -4.72. The average molecular weight is 322 g/mol. The van der Waals surface area contributed by atoms with E-state index in [9.17, 15) is 21.6 Å². The van der Waals surface area contributed by atoms with E-state index in [-0.39, 0.29) is 12.5 Å². The lowest BCUT2D eigenvalue weighted by atomic mass is 10.1. The first-order chi connectivity index (χ1) is 9.73. The van der Waals surface area contributed by atoms with Crippen LogP contribution in [0, 0.1) is 5.92 Å². The van der Waals surface area contributed by atoms with Gasteiger partial charge < -0.3 is 0 Å². The Morgan fingerprint density at radius 1 is 1.33 bits per heavy atom. The first kappa shape index (κ1) is 16.2. The monoisotopic (exact) mass is 322 g/mol. The van der Waals surface area contributed by atoms with Gasteiger partial charge in [-0.3, -0.25) is 4.98 Å². The summed E-state index contributed by atoms with van der Waals surface area (Å²) >= 11 is 0. The second-order valence-electron chi connectivity index (χ2n) is 5.31. The molecule has 0 aromatic carbocycles. The Balaban J connectivity index is 2.31. The summed E-state index contributed by atoms with van der Waals surface area (Å²) in [5, 5.41) is 0. The molecule has 0 saturated heterocycles. The summed E-state index contributed by atoms with van der Waals surface area (Å²) < 4.78 is 64.6. The van der Waals surface area contributed by atoms with Gasteiger partial charge >= 0.3 is 6.18 Å². The second kappa shape index (κ2) is 5.92. The lowest BCUT2D eigenvalue weighted by Crippen LogP contribution is -2.32. The van der Waals surface area contributed by atoms with Crippen molar-refractivity contribution in [2.75, 3.05) is 13.6 Å². The highest BCUT2D eigenvalue weighted by atomic mass is 32.2. The number of rotatable bonds is 4. The van der Waals surface area contributed by atoms with Crippen LogP contribution in [-0.4, -0.2) is 31.3 Å². The Kier molecular flexibility index (Phi) is 4.57. The number of halogens is 3. The van der Waals surface area contributed by atoms with Crippen molar-refractivity contribution in [3.05, 3.63) is 24.0 Å². The zero-order valence-corrected chi connectivity index (χ0v) is 12.4. The molecular weight excluding hydrogens is 305 g/mol. The SMILES string of the molecule is CN(CC1CCCC1)S(=O)(=O)c1cnccc1C(F)(F)F. The minimum Gasteiger partial charge on any atom is -0.263 e. The molecule has 1 heterocycles. The molecule has 1 aromatic heterocycles. The fourth-order valence-electron chi connectivity index (χ4n) is 2.64. The van der Waals surface area contributed by atoms with Crippen LogP contribution in [0.5, 0.6) is 0 Å². The highest BCUT2D eigenvalue weighted by molar-refractivity contribution is 7.89. The van der Waals surface area contributed by atoms with E-state index in [4.69, 9.17) is 0 Å². The van der Waals surface area contributed by atoms with Gasteiger partial charge in [-0.25, -0.2) is 12.7 Å². The number of alkyl halides is 3. The Labute approximate surface area is 122 Å². The molecule has 0 bridgehead atoms. The molecule has 1 aliphatic rings. The van der Waals surface area contributed by atoms with Crippen LogP contribution in [0.15, 0.2) is 23.4 Å². The van der Waals surface area contributed by atoms with Gasteiger partial charge in [-0.1, -0.05) is 12.8 Å². The maximum absolute atomic E-state index is 12.9. The Morgan fingerprint density at radius 3 is 2.52 bits per heavy atom. The van der Waals surface area contributed by atoms with Crippen LogP contribution in [0.4, 0.5) is 13.2 Å². The molecule has 0 unspecified atom stereocenters. The molecule has 118 valence electrons. The standard InChI is InChI=1S/C13H17F3N2O2S/c1-18(9-10-4-2-3-5-10)21(19,20)12-8-17-7-6-11(12)13(14,15)16/h6-8,10H,2-5,9H2,1H3. The quantitative estimate of drug-likeness (QED) is 0.856. The van der Waals surface area contributed by atoms with Crippen LogP contribution < -0.4 is 0 Å². The zero-order valence-electron chi connectivity index (χ0n) is 11.6. The summed E-state index contributed by atoms with van der Waals surface area (Å²) in [7, 11) is -2.87. The van der Waals surface area contributed by atoms with Crippen LogP contribution in [0.25, 0.3) is 0 Å². The molecule has 1 saturated carbocycles. The second-order valence-corrected chi connectivity index (χ2v) is 7.32. The molecule has 0 atom stereocenters. The van der Waals surface area contributed by atoms with E-state index in [0.717, 1.165) is 42.4 Å². The summed E-state index contributed by atoms with van der Waals surface area (Å²) in [4.78, 5) is 2.75. The van der Waals surface area contributed by atoms with Gasteiger partial charge in [0.2, 0.25) is 10.0 Å². The predicted molar refractivity (Wildman–Crippen MR) is 71.0 cm³/mol. The maximum atomic E-state index is 12.9. The molecule has 0 spiro atoms. The number of nitrogens with zero attached hydrogens (tertiary/aromatic N) is 2. The number of hydrogen-bond donors (Lipinski definition) is 0. The van der Waals surface area contributed by atoms with Crippen molar-refractivity contribution < 1.29 is 21.6 Å². The van der Waals surface area contributed by atoms with E-state index in [1.807, 2.05) is 0 Å². The molecule has 4 nitrogen and oxygen atoms in total. The van der Waals surface area contributed by atoms with Gasteiger partial charge in [0.15, 0.2) is 0 Å². The smallest absolute Gasteiger partial charge is 0.263 e. The van der Waals surface area contributed by atoms with Crippen molar-refractivity contribution in [1.82, 2.24) is 9.29 Å². The summed E-state index contributed by atoms with van der Waals surface area (Å²) in [6, 6.07) is 0.691. The molecule has 2 rings (SSSR count). The van der Waals surface area contributed by atoms with E-state index in [1.165, 1.54) is 7.05 Å². The fourth-order valence-corrected chi connectivity index (χ4v) is 4.04. The highest BCUT2D eigenvalue weighted by Gasteiger charge is 2.38. The third kappa shape index (κ3) is 3.55. The van der Waals surface area contributed by atoms with Crippen molar-refractivity contribution in [2.45, 2.75) is 36.8 Å². The molecule has 0 amide bonds. The van der Waals surface area contributed by atoms with E-state index in [0.29, 0.717) is 6.07 Å². The number of hydrogen-bond acceptors (Lipinski definition) is 3. The number of sulfonamides is 1. The van der Waals surface area contributed by atoms with E-state index in [1.54, 1.807) is 0 Å². The topological polar surface area (TPSA) is 50.3 Å². The molecule has 8 heteroatoms. The Hall–Kier alpha value is -1.15. The molecular formula is C13H17F3N2O2S. The molecule has 0 radical (unpaired) electrons. The molecule has 21 heavy (non-hydrogen) atoms. The van der Waals surface area contributed by atoms with Crippen LogP contribution in [0.2, 0.25) is 0 Å². The Morgan fingerprint density at radius 2 is 1.95 bits per heavy atom. The van der Waals surface area contributed by atoms with Gasteiger partial charge in [0.1, 0.15) is 4.90 Å². The lowest BCUT2D eigenvalue weighted by Gasteiger charge is -2.22. The predicted octanol–water partition coefficient (Wildman–Crippen LogP) is 2.91. The molecule has 1 aliphatic carbocycles. The van der Waals surface area contributed by atoms with Crippen molar-refractivity contribution in [1.29, 1.82) is 0 Å². The molecule has 0 aliphatic heterocycles. The molecule has 1 fully saturated rings. The minimum absolute atomic E-state index is 0.218. The molecule has 1 aromatic rings. The van der Waals surface area contributed by atoms with E-state index >= 15 is 0 Å². The van der Waals surface area contributed by atoms with Gasteiger partial charge in [-0.05, 0) is 24.8 Å². The van der Waals surface area contributed by atoms with Crippen LogP contribution in [-0.2, 0) is 16.2 Å². The van der Waals surface area contributed by atoms with Gasteiger partial charge in [-0.15, -0.1) is 0 Å². The van der Waals surface area contributed by atoms with Crippen molar-refractivity contribution >= 4 is 10.0 Å². The van der Waals surface area contributed by atoms with Crippen LogP contribution in [0.3, 0.4) is 0 Å². The third-order valence-electron chi connectivity index (χ3n) is 3.77. The fraction of sp³-hybridized carbons (Fsp3) is 0.615. The summed E-state index contributed by atoms with van der Waals surface area (Å²) in [5.41, 5.74) is -1.17. The van der Waals surface area contributed by atoms with Crippen molar-refractivity contribution in [3.63, 3.8) is 0 Å². The largest absolute Gasteiger partial charge is 0.417 e. The van der Waals surface area contributed by atoms with Crippen molar-refractivity contribution in [2.24, 2.45) is 5.92 Å². The van der Waals surface area contributed by atoms with Gasteiger partial charge in [0.25, 0.3) is 0 Å². The highest BCUT2D eigenvalue weighted by Crippen LogP contribution is 2.35. The number of aromatic nitrogens is 1. The molecule has 0 N–H and O–H groups in total. The van der Waals surface area contributed by atoms with E-state index in [2.05, 4.69) is 4.98 Å². The first-order valence-corrected chi connectivity index (χ1v) is 8.14. The lowest BCUT2D eigenvalue weighted by molar-refractivity contribution is -0.140. The Bertz CT molecular complexity index is 596. The normalized spacial score (nSPS) is 17.6.